The van der Waals surface area contributed by atoms with Crippen molar-refractivity contribution in [3.05, 3.63) is 35.4 Å². The number of benzene rings is 1. The van der Waals surface area contributed by atoms with Gasteiger partial charge in [-0.25, -0.2) is 8.78 Å². The Morgan fingerprint density at radius 2 is 2.06 bits per heavy atom. The first-order valence-corrected chi connectivity index (χ1v) is 6.54. The van der Waals surface area contributed by atoms with Gasteiger partial charge in [0.05, 0.1) is 6.10 Å². The van der Waals surface area contributed by atoms with Crippen LogP contribution in [0.4, 0.5) is 8.78 Å². The van der Waals surface area contributed by atoms with Gasteiger partial charge in [-0.1, -0.05) is 6.07 Å². The molecule has 0 spiro atoms. The van der Waals surface area contributed by atoms with E-state index in [0.717, 1.165) is 19.0 Å². The summed E-state index contributed by atoms with van der Waals surface area (Å²) >= 11 is 0. The smallest absolute Gasteiger partial charge is 0.131 e. The lowest BCUT2D eigenvalue weighted by Crippen LogP contribution is -2.26. The van der Waals surface area contributed by atoms with Crippen molar-refractivity contribution < 1.29 is 13.5 Å². The van der Waals surface area contributed by atoms with E-state index in [1.54, 1.807) is 0 Å². The predicted octanol–water partition coefficient (Wildman–Crippen LogP) is 2.79. The largest absolute Gasteiger partial charge is 0.373 e. The molecule has 1 aromatic carbocycles. The second-order valence-electron chi connectivity index (χ2n) is 5.19. The van der Waals surface area contributed by atoms with Gasteiger partial charge in [-0.2, -0.15) is 0 Å². The summed E-state index contributed by atoms with van der Waals surface area (Å²) in [5, 5.41) is 3.45. The van der Waals surface area contributed by atoms with Gasteiger partial charge in [0.2, 0.25) is 0 Å². The van der Waals surface area contributed by atoms with Crippen LogP contribution in [0.25, 0.3) is 0 Å². The van der Waals surface area contributed by atoms with E-state index in [2.05, 4.69) is 5.32 Å². The molecule has 1 N–H and O–H groups in total. The van der Waals surface area contributed by atoms with Crippen molar-refractivity contribution in [3.63, 3.8) is 0 Å². The zero-order valence-electron chi connectivity index (χ0n) is 10.2. The van der Waals surface area contributed by atoms with Crippen LogP contribution in [0.15, 0.2) is 18.2 Å². The lowest BCUT2D eigenvalue weighted by atomic mass is 9.95. The van der Waals surface area contributed by atoms with Crippen LogP contribution in [-0.4, -0.2) is 19.2 Å². The fraction of sp³-hybridized carbons (Fsp3) is 0.571. The van der Waals surface area contributed by atoms with Gasteiger partial charge >= 0.3 is 0 Å². The summed E-state index contributed by atoms with van der Waals surface area (Å²) in [4.78, 5) is 0. The van der Waals surface area contributed by atoms with Gasteiger partial charge in [0.25, 0.3) is 0 Å². The topological polar surface area (TPSA) is 21.3 Å². The Morgan fingerprint density at radius 1 is 1.22 bits per heavy atom. The van der Waals surface area contributed by atoms with Crippen molar-refractivity contribution in [1.82, 2.24) is 5.32 Å². The standard InChI is InChI=1S/C14H17F2NO/c15-10-1-4-12(13(16)7-10)14-9(5-6-18-14)8-17-11-2-3-11/h1,4,7,9,11,14,17H,2-3,5-6,8H2. The molecule has 0 bridgehead atoms. The molecule has 3 rings (SSSR count). The molecule has 4 heteroatoms. The molecule has 1 saturated heterocycles. The van der Waals surface area contributed by atoms with Crippen LogP contribution in [0.2, 0.25) is 0 Å². The van der Waals surface area contributed by atoms with E-state index in [9.17, 15) is 8.78 Å². The summed E-state index contributed by atoms with van der Waals surface area (Å²) in [5.41, 5.74) is 0.483. The van der Waals surface area contributed by atoms with E-state index >= 15 is 0 Å². The third-order valence-electron chi connectivity index (χ3n) is 3.73. The molecule has 0 amide bonds. The van der Waals surface area contributed by atoms with Gasteiger partial charge in [-0.15, -0.1) is 0 Å². The maximum absolute atomic E-state index is 13.7. The van der Waals surface area contributed by atoms with Gasteiger partial charge in [0.1, 0.15) is 11.6 Å². The van der Waals surface area contributed by atoms with E-state index in [1.165, 1.54) is 25.0 Å². The maximum Gasteiger partial charge on any atom is 0.131 e. The predicted molar refractivity (Wildman–Crippen MR) is 64.2 cm³/mol. The summed E-state index contributed by atoms with van der Waals surface area (Å²) in [5.74, 6) is -0.759. The van der Waals surface area contributed by atoms with Crippen LogP contribution in [0.5, 0.6) is 0 Å². The molecule has 1 saturated carbocycles. The van der Waals surface area contributed by atoms with Crippen LogP contribution in [0, 0.1) is 17.6 Å². The second-order valence-corrected chi connectivity index (χ2v) is 5.19. The maximum atomic E-state index is 13.7. The second kappa shape index (κ2) is 4.94. The van der Waals surface area contributed by atoms with Gasteiger partial charge in [-0.05, 0) is 25.3 Å². The minimum absolute atomic E-state index is 0.239. The lowest BCUT2D eigenvalue weighted by Gasteiger charge is -2.20. The minimum Gasteiger partial charge on any atom is -0.373 e. The zero-order valence-corrected chi connectivity index (χ0v) is 10.2. The Bertz CT molecular complexity index is 434. The fourth-order valence-corrected chi connectivity index (χ4v) is 2.52. The first-order valence-electron chi connectivity index (χ1n) is 6.54. The highest BCUT2D eigenvalue weighted by molar-refractivity contribution is 5.22. The normalized spacial score (nSPS) is 27.7. The Balaban J connectivity index is 1.72. The molecule has 2 aliphatic rings. The van der Waals surface area contributed by atoms with Crippen LogP contribution in [-0.2, 0) is 4.74 Å². The molecular weight excluding hydrogens is 236 g/mol. The molecule has 1 aliphatic carbocycles. The number of halogens is 2. The van der Waals surface area contributed by atoms with Gasteiger partial charge < -0.3 is 10.1 Å². The van der Waals surface area contributed by atoms with E-state index in [1.807, 2.05) is 0 Å². The summed E-state index contributed by atoms with van der Waals surface area (Å²) in [7, 11) is 0. The Labute approximate surface area is 105 Å². The number of nitrogens with one attached hydrogen (secondary N) is 1. The van der Waals surface area contributed by atoms with E-state index in [0.29, 0.717) is 18.2 Å². The molecule has 2 nitrogen and oxygen atoms in total. The average Bonchev–Trinajstić information content (AvgIpc) is 3.06. The van der Waals surface area contributed by atoms with Crippen molar-refractivity contribution in [2.75, 3.05) is 13.2 Å². The molecule has 0 aromatic heterocycles. The highest BCUT2D eigenvalue weighted by Crippen LogP contribution is 2.36. The molecule has 2 unspecified atom stereocenters. The van der Waals surface area contributed by atoms with E-state index in [-0.39, 0.29) is 12.0 Å². The number of hydrogen-bond acceptors (Lipinski definition) is 2. The van der Waals surface area contributed by atoms with Crippen molar-refractivity contribution >= 4 is 0 Å². The van der Waals surface area contributed by atoms with Crippen molar-refractivity contribution in [1.29, 1.82) is 0 Å². The minimum atomic E-state index is -0.540. The number of hydrogen-bond donors (Lipinski definition) is 1. The quantitative estimate of drug-likeness (QED) is 0.891. The monoisotopic (exact) mass is 253 g/mol. The Kier molecular flexibility index (Phi) is 3.31. The van der Waals surface area contributed by atoms with Crippen molar-refractivity contribution in [2.45, 2.75) is 31.4 Å². The summed E-state index contributed by atoms with van der Waals surface area (Å²) in [6, 6.07) is 4.38. The summed E-state index contributed by atoms with van der Waals surface area (Å²) in [6.45, 7) is 1.50. The highest BCUT2D eigenvalue weighted by atomic mass is 19.1. The SMILES string of the molecule is Fc1ccc(C2OCCC2CNC2CC2)c(F)c1. The molecule has 2 fully saturated rings. The van der Waals surface area contributed by atoms with E-state index < -0.39 is 11.6 Å². The van der Waals surface area contributed by atoms with Crippen LogP contribution in [0.1, 0.15) is 30.9 Å². The third-order valence-corrected chi connectivity index (χ3v) is 3.73. The highest BCUT2D eigenvalue weighted by Gasteiger charge is 2.33. The fourth-order valence-electron chi connectivity index (χ4n) is 2.52. The molecule has 18 heavy (non-hydrogen) atoms. The molecule has 0 radical (unpaired) electrons. The Hall–Kier alpha value is -1.00. The van der Waals surface area contributed by atoms with Crippen LogP contribution in [0.3, 0.4) is 0 Å². The number of ether oxygens (including phenoxy) is 1. The summed E-state index contributed by atoms with van der Waals surface area (Å²) in [6.07, 6.45) is 3.17. The first kappa shape index (κ1) is 12.1. The van der Waals surface area contributed by atoms with Crippen molar-refractivity contribution in [2.24, 2.45) is 5.92 Å². The first-order chi connectivity index (χ1) is 8.74. The van der Waals surface area contributed by atoms with Crippen LogP contribution >= 0.6 is 0 Å². The van der Waals surface area contributed by atoms with E-state index in [4.69, 9.17) is 4.74 Å². The van der Waals surface area contributed by atoms with Gasteiger partial charge in [0.15, 0.2) is 0 Å². The zero-order chi connectivity index (χ0) is 12.5. The van der Waals surface area contributed by atoms with Crippen LogP contribution < -0.4 is 5.32 Å². The van der Waals surface area contributed by atoms with Gasteiger partial charge in [0, 0.05) is 36.7 Å². The molecule has 1 aliphatic heterocycles. The number of rotatable bonds is 4. The van der Waals surface area contributed by atoms with Gasteiger partial charge in [-0.3, -0.25) is 0 Å². The molecule has 1 aromatic rings. The molecular formula is C14H17F2NO. The molecule has 1 heterocycles. The Morgan fingerprint density at radius 3 is 2.78 bits per heavy atom. The summed E-state index contributed by atoms with van der Waals surface area (Å²) < 4.78 is 32.3. The molecule has 98 valence electrons. The third kappa shape index (κ3) is 2.54. The average molecular weight is 253 g/mol. The molecule has 2 atom stereocenters. The van der Waals surface area contributed by atoms with Crippen molar-refractivity contribution in [3.8, 4) is 0 Å². The lowest BCUT2D eigenvalue weighted by molar-refractivity contribution is 0.0873.